The molecule has 0 heterocycles. The first kappa shape index (κ1) is 12.5. The van der Waals surface area contributed by atoms with Crippen molar-refractivity contribution in [2.75, 3.05) is 17.6 Å². The molecule has 0 bridgehead atoms. The fourth-order valence-electron chi connectivity index (χ4n) is 1.98. The maximum absolute atomic E-state index is 6.01. The minimum absolute atomic E-state index is 0.825. The van der Waals surface area contributed by atoms with E-state index >= 15 is 0 Å². The Bertz CT molecular complexity index is 518. The first-order valence-electron chi connectivity index (χ1n) is 6.31. The maximum atomic E-state index is 6.01. The number of hydrogen-bond acceptors (Lipinski definition) is 2. The molecule has 0 aromatic heterocycles. The summed E-state index contributed by atoms with van der Waals surface area (Å²) < 4.78 is 0. The minimum Gasteiger partial charge on any atom is -0.397 e. The smallest absolute Gasteiger partial charge is 0.0576 e. The van der Waals surface area contributed by atoms with Crippen molar-refractivity contribution in [1.82, 2.24) is 0 Å². The molecule has 18 heavy (non-hydrogen) atoms. The number of benzene rings is 2. The zero-order valence-electron chi connectivity index (χ0n) is 11.0. The van der Waals surface area contributed by atoms with E-state index in [1.165, 1.54) is 16.7 Å². The summed E-state index contributed by atoms with van der Waals surface area (Å²) in [5.41, 5.74) is 11.7. The van der Waals surface area contributed by atoms with Crippen molar-refractivity contribution in [3.63, 3.8) is 0 Å². The van der Waals surface area contributed by atoms with Crippen molar-refractivity contribution in [3.8, 4) is 0 Å². The van der Waals surface area contributed by atoms with Crippen molar-refractivity contribution in [3.05, 3.63) is 59.2 Å². The summed E-state index contributed by atoms with van der Waals surface area (Å²) in [6.45, 7) is 5.09. The Morgan fingerprint density at radius 3 is 2.39 bits per heavy atom. The first-order valence-corrected chi connectivity index (χ1v) is 6.31. The van der Waals surface area contributed by atoms with Crippen LogP contribution in [0.5, 0.6) is 0 Å². The van der Waals surface area contributed by atoms with E-state index in [2.05, 4.69) is 49.5 Å². The third-order valence-corrected chi connectivity index (χ3v) is 3.24. The van der Waals surface area contributed by atoms with Gasteiger partial charge < -0.3 is 11.1 Å². The van der Waals surface area contributed by atoms with Crippen LogP contribution in [0, 0.1) is 13.8 Å². The largest absolute Gasteiger partial charge is 0.397 e. The topological polar surface area (TPSA) is 38.0 Å². The van der Waals surface area contributed by atoms with Crippen LogP contribution in [0.4, 0.5) is 11.4 Å². The molecule has 0 saturated heterocycles. The highest BCUT2D eigenvalue weighted by atomic mass is 14.9. The van der Waals surface area contributed by atoms with Crippen LogP contribution in [0.2, 0.25) is 0 Å². The highest BCUT2D eigenvalue weighted by Crippen LogP contribution is 2.22. The van der Waals surface area contributed by atoms with Gasteiger partial charge in [-0.1, -0.05) is 30.3 Å². The summed E-state index contributed by atoms with van der Waals surface area (Å²) in [5.74, 6) is 0. The molecule has 2 nitrogen and oxygen atoms in total. The number of nitrogens with two attached hydrogens (primary N) is 1. The first-order chi connectivity index (χ1) is 8.66. The maximum Gasteiger partial charge on any atom is 0.0576 e. The quantitative estimate of drug-likeness (QED) is 0.802. The van der Waals surface area contributed by atoms with Crippen LogP contribution in [-0.2, 0) is 6.42 Å². The number of nitrogen functional groups attached to an aromatic ring is 1. The van der Waals surface area contributed by atoms with E-state index in [-0.39, 0.29) is 0 Å². The predicted octanol–water partition coefficient (Wildman–Crippen LogP) is 3.54. The Hall–Kier alpha value is -1.96. The zero-order chi connectivity index (χ0) is 13.0. The molecule has 0 aliphatic carbocycles. The van der Waals surface area contributed by atoms with Crippen LogP contribution in [0.25, 0.3) is 0 Å². The molecule has 0 amide bonds. The summed E-state index contributed by atoms with van der Waals surface area (Å²) in [6.07, 6.45) is 1.01. The summed E-state index contributed by atoms with van der Waals surface area (Å²) in [4.78, 5) is 0. The van der Waals surface area contributed by atoms with Gasteiger partial charge in [0.05, 0.1) is 11.4 Å². The van der Waals surface area contributed by atoms with Gasteiger partial charge in [0, 0.05) is 6.54 Å². The standard InChI is InChI=1S/C16H20N2/c1-12-10-15(17)16(11-13(12)2)18-9-8-14-6-4-3-5-7-14/h3-7,10-11,18H,8-9,17H2,1-2H3. The Kier molecular flexibility index (Phi) is 3.88. The molecule has 0 spiro atoms. The number of hydrogen-bond donors (Lipinski definition) is 2. The molecule has 0 unspecified atom stereocenters. The molecule has 0 radical (unpaired) electrons. The molecule has 0 saturated carbocycles. The zero-order valence-corrected chi connectivity index (χ0v) is 11.0. The fourth-order valence-corrected chi connectivity index (χ4v) is 1.98. The van der Waals surface area contributed by atoms with Crippen LogP contribution in [0.3, 0.4) is 0 Å². The molecule has 2 aromatic carbocycles. The van der Waals surface area contributed by atoms with E-state index in [0.29, 0.717) is 0 Å². The van der Waals surface area contributed by atoms with E-state index < -0.39 is 0 Å². The second-order valence-corrected chi connectivity index (χ2v) is 4.69. The Balaban J connectivity index is 1.97. The van der Waals surface area contributed by atoms with Crippen LogP contribution >= 0.6 is 0 Å². The second kappa shape index (κ2) is 5.58. The molecular formula is C16H20N2. The minimum atomic E-state index is 0.825. The van der Waals surface area contributed by atoms with Gasteiger partial charge in [0.25, 0.3) is 0 Å². The van der Waals surface area contributed by atoms with E-state index in [1.54, 1.807) is 0 Å². The van der Waals surface area contributed by atoms with Gasteiger partial charge in [-0.2, -0.15) is 0 Å². The van der Waals surface area contributed by atoms with Gasteiger partial charge in [-0.15, -0.1) is 0 Å². The average molecular weight is 240 g/mol. The van der Waals surface area contributed by atoms with E-state index in [0.717, 1.165) is 24.3 Å². The lowest BCUT2D eigenvalue weighted by molar-refractivity contribution is 1.02. The monoisotopic (exact) mass is 240 g/mol. The van der Waals surface area contributed by atoms with E-state index in [9.17, 15) is 0 Å². The van der Waals surface area contributed by atoms with Gasteiger partial charge in [0.2, 0.25) is 0 Å². The van der Waals surface area contributed by atoms with Gasteiger partial charge >= 0.3 is 0 Å². The lowest BCUT2D eigenvalue weighted by Gasteiger charge is -2.12. The Morgan fingerprint density at radius 1 is 1.00 bits per heavy atom. The predicted molar refractivity (Wildman–Crippen MR) is 79.0 cm³/mol. The van der Waals surface area contributed by atoms with Gasteiger partial charge in [-0.05, 0) is 49.1 Å². The van der Waals surface area contributed by atoms with Crippen molar-refractivity contribution in [2.24, 2.45) is 0 Å². The number of nitrogens with one attached hydrogen (secondary N) is 1. The van der Waals surface area contributed by atoms with Gasteiger partial charge in [0.1, 0.15) is 0 Å². The van der Waals surface area contributed by atoms with Crippen molar-refractivity contribution >= 4 is 11.4 Å². The molecule has 2 rings (SSSR count). The van der Waals surface area contributed by atoms with E-state index in [4.69, 9.17) is 5.73 Å². The molecule has 0 aliphatic rings. The summed E-state index contributed by atoms with van der Waals surface area (Å²) in [5, 5.41) is 3.40. The normalized spacial score (nSPS) is 10.3. The SMILES string of the molecule is Cc1cc(N)c(NCCc2ccccc2)cc1C. The molecule has 94 valence electrons. The van der Waals surface area contributed by atoms with Gasteiger partial charge in [0.15, 0.2) is 0 Å². The van der Waals surface area contributed by atoms with Crippen LogP contribution < -0.4 is 11.1 Å². The molecule has 0 atom stereocenters. The number of anilines is 2. The third kappa shape index (κ3) is 3.04. The summed E-state index contributed by atoms with van der Waals surface area (Å²) >= 11 is 0. The molecule has 3 N–H and O–H groups in total. The fraction of sp³-hybridized carbons (Fsp3) is 0.250. The number of rotatable bonds is 4. The lowest BCUT2D eigenvalue weighted by atomic mass is 10.1. The van der Waals surface area contributed by atoms with Crippen LogP contribution in [0.15, 0.2) is 42.5 Å². The van der Waals surface area contributed by atoms with Crippen molar-refractivity contribution < 1.29 is 0 Å². The second-order valence-electron chi connectivity index (χ2n) is 4.69. The Labute approximate surface area is 109 Å². The van der Waals surface area contributed by atoms with Gasteiger partial charge in [-0.25, -0.2) is 0 Å². The number of aryl methyl sites for hydroxylation is 2. The summed E-state index contributed by atoms with van der Waals surface area (Å²) in [7, 11) is 0. The molecule has 0 aliphatic heterocycles. The lowest BCUT2D eigenvalue weighted by Crippen LogP contribution is -2.07. The highest BCUT2D eigenvalue weighted by Gasteiger charge is 2.01. The van der Waals surface area contributed by atoms with Gasteiger partial charge in [-0.3, -0.25) is 0 Å². The average Bonchev–Trinajstić information content (AvgIpc) is 2.37. The van der Waals surface area contributed by atoms with Crippen molar-refractivity contribution in [2.45, 2.75) is 20.3 Å². The molecule has 0 fully saturated rings. The molecule has 2 heteroatoms. The highest BCUT2D eigenvalue weighted by molar-refractivity contribution is 5.68. The molecule has 2 aromatic rings. The van der Waals surface area contributed by atoms with Crippen LogP contribution in [-0.4, -0.2) is 6.54 Å². The molecular weight excluding hydrogens is 220 g/mol. The van der Waals surface area contributed by atoms with Crippen molar-refractivity contribution in [1.29, 1.82) is 0 Å². The van der Waals surface area contributed by atoms with Crippen LogP contribution in [0.1, 0.15) is 16.7 Å². The third-order valence-electron chi connectivity index (χ3n) is 3.24. The van der Waals surface area contributed by atoms with E-state index in [1.807, 2.05) is 12.1 Å². The summed E-state index contributed by atoms with van der Waals surface area (Å²) in [6, 6.07) is 14.6. The Morgan fingerprint density at radius 2 is 1.67 bits per heavy atom.